The van der Waals surface area contributed by atoms with E-state index >= 15 is 0 Å². The minimum Gasteiger partial charge on any atom is -0.326 e. The normalized spacial score (nSPS) is 17.8. The van der Waals surface area contributed by atoms with Crippen LogP contribution in [0.25, 0.3) is 10.1 Å². The van der Waals surface area contributed by atoms with Crippen LogP contribution in [-0.4, -0.2) is 30.4 Å². The Kier molecular flexibility index (Phi) is 5.87. The second-order valence-electron chi connectivity index (χ2n) is 8.75. The molecule has 2 aromatic carbocycles. The number of piperidine rings is 1. The number of nitrogens with zero attached hydrogens (tertiary/aromatic N) is 1. The Hall–Kier alpha value is -2.17. The SMILES string of the molecule is O=C1CCc2cccc(CCCCN3CCC(c4cccc5sccc45)CC3)c2N1. The number of carbonyl (C=O) groups excluding carboxylic acids is 1. The zero-order valence-corrected chi connectivity index (χ0v) is 18.3. The van der Waals surface area contributed by atoms with Gasteiger partial charge in [-0.3, -0.25) is 4.79 Å². The van der Waals surface area contributed by atoms with Crippen molar-refractivity contribution < 1.29 is 4.79 Å². The molecular weight excluding hydrogens is 388 g/mol. The van der Waals surface area contributed by atoms with Gasteiger partial charge in [0.25, 0.3) is 0 Å². The van der Waals surface area contributed by atoms with E-state index in [-0.39, 0.29) is 5.91 Å². The molecule has 0 saturated carbocycles. The molecule has 1 fully saturated rings. The molecule has 0 bridgehead atoms. The summed E-state index contributed by atoms with van der Waals surface area (Å²) < 4.78 is 1.43. The monoisotopic (exact) mass is 418 g/mol. The maximum absolute atomic E-state index is 11.8. The topological polar surface area (TPSA) is 32.3 Å². The largest absolute Gasteiger partial charge is 0.326 e. The molecule has 2 aliphatic heterocycles. The molecule has 4 heteroatoms. The standard InChI is InChI=1S/C26H30N2OS/c29-25-11-10-21-7-3-6-20(26(21)27-25)5-1-2-15-28-16-12-19(13-17-28)22-8-4-9-24-23(22)14-18-30-24/h3-4,6-9,14,18-19H,1-2,5,10-13,15-17H2,(H,27,29). The van der Waals surface area contributed by atoms with E-state index in [2.05, 4.69) is 58.1 Å². The zero-order valence-electron chi connectivity index (χ0n) is 17.5. The number of benzene rings is 2. The summed E-state index contributed by atoms with van der Waals surface area (Å²) in [6, 6.07) is 15.6. The molecule has 30 heavy (non-hydrogen) atoms. The lowest BCUT2D eigenvalue weighted by Crippen LogP contribution is -2.33. The number of para-hydroxylation sites is 1. The van der Waals surface area contributed by atoms with Crippen LogP contribution in [0.5, 0.6) is 0 Å². The first-order valence-corrected chi connectivity index (χ1v) is 12.2. The zero-order chi connectivity index (χ0) is 20.3. The smallest absolute Gasteiger partial charge is 0.224 e. The number of hydrogen-bond acceptors (Lipinski definition) is 3. The number of unbranched alkanes of at least 4 members (excludes halogenated alkanes) is 1. The van der Waals surface area contributed by atoms with E-state index in [9.17, 15) is 4.79 Å². The van der Waals surface area contributed by atoms with E-state index in [1.807, 2.05) is 11.3 Å². The van der Waals surface area contributed by atoms with E-state index in [1.54, 1.807) is 5.56 Å². The van der Waals surface area contributed by atoms with Gasteiger partial charge in [0.2, 0.25) is 5.91 Å². The number of thiophene rings is 1. The van der Waals surface area contributed by atoms with Crippen LogP contribution in [0.2, 0.25) is 0 Å². The van der Waals surface area contributed by atoms with E-state index in [0.29, 0.717) is 12.3 Å². The minimum absolute atomic E-state index is 0.163. The number of fused-ring (bicyclic) bond motifs is 2. The average Bonchev–Trinajstić information content (AvgIpc) is 3.26. The number of aryl methyl sites for hydroxylation is 2. The van der Waals surface area contributed by atoms with Crippen molar-refractivity contribution in [2.45, 2.75) is 50.9 Å². The first-order chi connectivity index (χ1) is 14.8. The fourth-order valence-electron chi connectivity index (χ4n) is 5.17. The van der Waals surface area contributed by atoms with Gasteiger partial charge in [-0.1, -0.05) is 30.3 Å². The molecule has 0 spiro atoms. The highest BCUT2D eigenvalue weighted by molar-refractivity contribution is 7.17. The lowest BCUT2D eigenvalue weighted by molar-refractivity contribution is -0.116. The van der Waals surface area contributed by atoms with Crippen molar-refractivity contribution in [2.75, 3.05) is 25.0 Å². The van der Waals surface area contributed by atoms with Crippen LogP contribution in [0.1, 0.15) is 54.7 Å². The van der Waals surface area contributed by atoms with Crippen LogP contribution >= 0.6 is 11.3 Å². The molecule has 3 heterocycles. The van der Waals surface area contributed by atoms with Gasteiger partial charge in [0.15, 0.2) is 0 Å². The lowest BCUT2D eigenvalue weighted by Gasteiger charge is -2.32. The van der Waals surface area contributed by atoms with Gasteiger partial charge in [0.1, 0.15) is 0 Å². The maximum Gasteiger partial charge on any atom is 0.224 e. The van der Waals surface area contributed by atoms with Gasteiger partial charge < -0.3 is 10.2 Å². The molecule has 5 rings (SSSR count). The van der Waals surface area contributed by atoms with Crippen molar-refractivity contribution in [1.82, 2.24) is 4.90 Å². The molecule has 1 N–H and O–H groups in total. The van der Waals surface area contributed by atoms with E-state index in [1.165, 1.54) is 66.5 Å². The van der Waals surface area contributed by atoms with Crippen molar-refractivity contribution in [3.05, 3.63) is 64.5 Å². The molecule has 3 aromatic rings. The lowest BCUT2D eigenvalue weighted by atomic mass is 9.87. The van der Waals surface area contributed by atoms with Crippen molar-refractivity contribution in [1.29, 1.82) is 0 Å². The summed E-state index contributed by atoms with van der Waals surface area (Å²) >= 11 is 1.85. The van der Waals surface area contributed by atoms with E-state index in [4.69, 9.17) is 0 Å². The number of rotatable bonds is 6. The number of carbonyl (C=O) groups is 1. The highest BCUT2D eigenvalue weighted by atomic mass is 32.1. The second-order valence-corrected chi connectivity index (χ2v) is 9.70. The van der Waals surface area contributed by atoms with Crippen LogP contribution in [-0.2, 0) is 17.6 Å². The Balaban J connectivity index is 1.10. The fourth-order valence-corrected chi connectivity index (χ4v) is 5.99. The van der Waals surface area contributed by atoms with Gasteiger partial charge in [-0.15, -0.1) is 11.3 Å². The Morgan fingerprint density at radius 1 is 1.00 bits per heavy atom. The highest BCUT2D eigenvalue weighted by Crippen LogP contribution is 2.35. The molecule has 0 atom stereocenters. The Morgan fingerprint density at radius 3 is 2.77 bits per heavy atom. The Labute approximate surface area is 183 Å². The quantitative estimate of drug-likeness (QED) is 0.499. The second kappa shape index (κ2) is 8.91. The summed E-state index contributed by atoms with van der Waals surface area (Å²) in [6.45, 7) is 3.61. The summed E-state index contributed by atoms with van der Waals surface area (Å²) in [7, 11) is 0. The summed E-state index contributed by atoms with van der Waals surface area (Å²) in [6.07, 6.45) is 7.50. The van der Waals surface area contributed by atoms with Crippen LogP contribution in [0, 0.1) is 0 Å². The van der Waals surface area contributed by atoms with Gasteiger partial charge in [-0.25, -0.2) is 0 Å². The molecule has 3 nitrogen and oxygen atoms in total. The molecule has 156 valence electrons. The van der Waals surface area contributed by atoms with Crippen molar-refractivity contribution in [2.24, 2.45) is 0 Å². The predicted octanol–water partition coefficient (Wildman–Crippen LogP) is 5.99. The molecule has 1 aromatic heterocycles. The Bertz CT molecular complexity index is 1030. The molecule has 0 unspecified atom stereocenters. The maximum atomic E-state index is 11.8. The van der Waals surface area contributed by atoms with Gasteiger partial charge >= 0.3 is 0 Å². The number of nitrogens with one attached hydrogen (secondary N) is 1. The third-order valence-electron chi connectivity index (χ3n) is 6.85. The van der Waals surface area contributed by atoms with Gasteiger partial charge in [-0.05, 0) is 104 Å². The van der Waals surface area contributed by atoms with E-state index in [0.717, 1.165) is 18.5 Å². The van der Waals surface area contributed by atoms with Crippen molar-refractivity contribution >= 4 is 33.0 Å². The van der Waals surface area contributed by atoms with Crippen molar-refractivity contribution in [3.8, 4) is 0 Å². The van der Waals surface area contributed by atoms with Gasteiger partial charge in [-0.2, -0.15) is 0 Å². The van der Waals surface area contributed by atoms with Crippen molar-refractivity contribution in [3.63, 3.8) is 0 Å². The Morgan fingerprint density at radius 2 is 1.87 bits per heavy atom. The summed E-state index contributed by atoms with van der Waals surface area (Å²) in [4.78, 5) is 14.4. The van der Waals surface area contributed by atoms with Crippen LogP contribution in [0.4, 0.5) is 5.69 Å². The van der Waals surface area contributed by atoms with Gasteiger partial charge in [0.05, 0.1) is 0 Å². The number of likely N-dealkylation sites (tertiary alicyclic amines) is 1. The highest BCUT2D eigenvalue weighted by Gasteiger charge is 2.22. The van der Waals surface area contributed by atoms with Gasteiger partial charge in [0, 0.05) is 16.8 Å². The minimum atomic E-state index is 0.163. The third-order valence-corrected chi connectivity index (χ3v) is 7.73. The van der Waals surface area contributed by atoms with Crippen LogP contribution in [0.3, 0.4) is 0 Å². The molecule has 1 amide bonds. The first kappa shape index (κ1) is 19.8. The molecule has 2 aliphatic rings. The molecular formula is C26H30N2OS. The average molecular weight is 419 g/mol. The molecule has 0 radical (unpaired) electrons. The summed E-state index contributed by atoms with van der Waals surface area (Å²) in [5.41, 5.74) is 5.26. The number of amides is 1. The molecule has 1 saturated heterocycles. The predicted molar refractivity (Wildman–Crippen MR) is 127 cm³/mol. The fraction of sp³-hybridized carbons (Fsp3) is 0.423. The first-order valence-electron chi connectivity index (χ1n) is 11.4. The number of anilines is 1. The van der Waals surface area contributed by atoms with E-state index < -0.39 is 0 Å². The van der Waals surface area contributed by atoms with Crippen LogP contribution < -0.4 is 5.32 Å². The summed E-state index contributed by atoms with van der Waals surface area (Å²) in [5, 5.41) is 6.79. The number of hydrogen-bond donors (Lipinski definition) is 1. The summed E-state index contributed by atoms with van der Waals surface area (Å²) in [5.74, 6) is 0.870. The molecule has 0 aliphatic carbocycles. The third kappa shape index (κ3) is 4.17. The van der Waals surface area contributed by atoms with Crippen LogP contribution in [0.15, 0.2) is 47.8 Å².